The molecule has 5 nitrogen and oxygen atoms in total. The van der Waals surface area contributed by atoms with Crippen LogP contribution in [-0.4, -0.2) is 22.5 Å². The van der Waals surface area contributed by atoms with Crippen LogP contribution in [0.4, 0.5) is 0 Å². The van der Waals surface area contributed by atoms with Crippen LogP contribution in [0.1, 0.15) is 19.0 Å². The smallest absolute Gasteiger partial charge is 0.335 e. The lowest BCUT2D eigenvalue weighted by Crippen LogP contribution is -2.11. The van der Waals surface area contributed by atoms with Crippen LogP contribution in [0.5, 0.6) is 0 Å². The summed E-state index contributed by atoms with van der Waals surface area (Å²) in [6, 6.07) is 1.87. The van der Waals surface area contributed by atoms with E-state index in [0.717, 1.165) is 21.1 Å². The molecule has 0 bridgehead atoms. The Balaban J connectivity index is 0.000000174. The highest BCUT2D eigenvalue weighted by Crippen LogP contribution is 2.24. The zero-order valence-corrected chi connectivity index (χ0v) is 15.9. The van der Waals surface area contributed by atoms with Gasteiger partial charge in [-0.2, -0.15) is 0 Å². The molecule has 0 saturated carbocycles. The second-order valence-electron chi connectivity index (χ2n) is 4.81. The molecule has 7 heteroatoms. The maximum Gasteiger partial charge on any atom is 0.335 e. The molecule has 0 fully saturated rings. The molecule has 2 aromatic rings. The third-order valence-corrected chi connectivity index (χ3v) is 4.72. The van der Waals surface area contributed by atoms with Gasteiger partial charge < -0.3 is 14.1 Å². The molecule has 2 aromatic heterocycles. The SMILES string of the molecule is CCc1cn2ccc(Br)c2c(=O)[nH]1.COC(=O)C1=C(Br)C=CC1. The molecule has 0 aliphatic heterocycles. The summed E-state index contributed by atoms with van der Waals surface area (Å²) in [7, 11) is 1.38. The predicted octanol–water partition coefficient (Wildman–Crippen LogP) is 3.72. The van der Waals surface area contributed by atoms with Crippen LogP contribution < -0.4 is 5.56 Å². The second-order valence-corrected chi connectivity index (χ2v) is 6.51. The number of ether oxygens (including phenoxy) is 1. The molecule has 0 unspecified atom stereocenters. The van der Waals surface area contributed by atoms with Gasteiger partial charge in [0.15, 0.2) is 0 Å². The fourth-order valence-electron chi connectivity index (χ4n) is 2.12. The fourth-order valence-corrected chi connectivity index (χ4v) is 3.14. The van der Waals surface area contributed by atoms with Crippen molar-refractivity contribution in [2.45, 2.75) is 19.8 Å². The van der Waals surface area contributed by atoms with Gasteiger partial charge in [-0.1, -0.05) is 35.0 Å². The van der Waals surface area contributed by atoms with Crippen LogP contribution in [0.25, 0.3) is 5.52 Å². The number of nitrogens with one attached hydrogen (secondary N) is 1. The average Bonchev–Trinajstić information content (AvgIpc) is 3.13. The monoisotopic (exact) mass is 442 g/mol. The van der Waals surface area contributed by atoms with E-state index in [1.54, 1.807) is 0 Å². The molecular weight excluding hydrogens is 428 g/mol. The molecule has 0 amide bonds. The molecule has 1 aliphatic rings. The number of aromatic amines is 1. The molecule has 2 heterocycles. The van der Waals surface area contributed by atoms with Crippen molar-refractivity contribution in [1.29, 1.82) is 0 Å². The number of hydrogen-bond acceptors (Lipinski definition) is 3. The largest absolute Gasteiger partial charge is 0.466 e. The lowest BCUT2D eigenvalue weighted by molar-refractivity contribution is -0.136. The first-order valence-electron chi connectivity index (χ1n) is 6.99. The number of methoxy groups -OCH3 is 1. The van der Waals surface area contributed by atoms with E-state index in [-0.39, 0.29) is 11.5 Å². The summed E-state index contributed by atoms with van der Waals surface area (Å²) >= 11 is 6.56. The van der Waals surface area contributed by atoms with Gasteiger partial charge in [0.1, 0.15) is 5.52 Å². The average molecular weight is 444 g/mol. The Morgan fingerprint density at radius 1 is 1.43 bits per heavy atom. The molecule has 0 atom stereocenters. The van der Waals surface area contributed by atoms with E-state index in [1.165, 1.54) is 7.11 Å². The minimum atomic E-state index is -0.253. The molecule has 23 heavy (non-hydrogen) atoms. The number of allylic oxidation sites excluding steroid dienone is 3. The lowest BCUT2D eigenvalue weighted by atomic mass is 10.2. The number of aryl methyl sites for hydroxylation is 1. The fraction of sp³-hybridized carbons (Fsp3) is 0.250. The molecule has 0 aromatic carbocycles. The number of rotatable bonds is 2. The van der Waals surface area contributed by atoms with Gasteiger partial charge in [-0.15, -0.1) is 0 Å². The molecule has 0 saturated heterocycles. The summed E-state index contributed by atoms with van der Waals surface area (Å²) in [4.78, 5) is 25.2. The van der Waals surface area contributed by atoms with Gasteiger partial charge in [-0.05, 0) is 34.8 Å². The van der Waals surface area contributed by atoms with E-state index in [4.69, 9.17) is 0 Å². The Labute approximate surface area is 150 Å². The Morgan fingerprint density at radius 2 is 2.17 bits per heavy atom. The van der Waals surface area contributed by atoms with Crippen LogP contribution in [0.15, 0.2) is 49.9 Å². The van der Waals surface area contributed by atoms with Crippen molar-refractivity contribution in [1.82, 2.24) is 9.38 Å². The van der Waals surface area contributed by atoms with Crippen molar-refractivity contribution >= 4 is 43.3 Å². The van der Waals surface area contributed by atoms with E-state index in [1.807, 2.05) is 41.9 Å². The highest BCUT2D eigenvalue weighted by atomic mass is 79.9. The number of halogens is 2. The second kappa shape index (κ2) is 7.79. The van der Waals surface area contributed by atoms with Crippen LogP contribution in [0.3, 0.4) is 0 Å². The predicted molar refractivity (Wildman–Crippen MR) is 96.8 cm³/mol. The van der Waals surface area contributed by atoms with Crippen LogP contribution in [0, 0.1) is 0 Å². The number of aromatic nitrogens is 2. The molecule has 0 radical (unpaired) electrons. The Hall–Kier alpha value is -1.60. The van der Waals surface area contributed by atoms with E-state index >= 15 is 0 Å². The summed E-state index contributed by atoms with van der Waals surface area (Å²) in [5.74, 6) is -0.253. The van der Waals surface area contributed by atoms with Gasteiger partial charge in [-0.25, -0.2) is 4.79 Å². The Morgan fingerprint density at radius 3 is 2.74 bits per heavy atom. The van der Waals surface area contributed by atoms with Crippen molar-refractivity contribution in [3.63, 3.8) is 0 Å². The van der Waals surface area contributed by atoms with Crippen molar-refractivity contribution in [2.24, 2.45) is 0 Å². The molecule has 3 rings (SSSR count). The van der Waals surface area contributed by atoms with Crippen molar-refractivity contribution < 1.29 is 9.53 Å². The van der Waals surface area contributed by atoms with E-state index in [9.17, 15) is 9.59 Å². The molecule has 1 aliphatic carbocycles. The Bertz CT molecular complexity index is 847. The number of nitrogens with zero attached hydrogens (tertiary/aromatic N) is 1. The Kier molecular flexibility index (Phi) is 6.01. The summed E-state index contributed by atoms with van der Waals surface area (Å²) in [5.41, 5.74) is 2.26. The first-order chi connectivity index (χ1) is 11.0. The van der Waals surface area contributed by atoms with E-state index in [2.05, 4.69) is 41.6 Å². The zero-order chi connectivity index (χ0) is 17.0. The quantitative estimate of drug-likeness (QED) is 0.719. The van der Waals surface area contributed by atoms with Crippen LogP contribution >= 0.6 is 31.9 Å². The van der Waals surface area contributed by atoms with Gasteiger partial charge in [0, 0.05) is 27.0 Å². The standard InChI is InChI=1S/C9H9BrN2O.C7H7BrO2/c1-2-6-5-12-4-3-7(10)8(12)9(13)11-6;1-10-7(9)5-3-2-4-6(5)8/h3-5H,2H2,1H3,(H,11,13);2,4H,3H2,1H3. The van der Waals surface area contributed by atoms with E-state index < -0.39 is 0 Å². The van der Waals surface area contributed by atoms with Gasteiger partial charge in [-0.3, -0.25) is 4.79 Å². The molecule has 0 spiro atoms. The topological polar surface area (TPSA) is 63.6 Å². The van der Waals surface area contributed by atoms with Crippen molar-refractivity contribution in [3.8, 4) is 0 Å². The van der Waals surface area contributed by atoms with Crippen molar-refractivity contribution in [3.05, 3.63) is 61.2 Å². The number of carbonyl (C=O) groups is 1. The zero-order valence-electron chi connectivity index (χ0n) is 12.7. The first kappa shape index (κ1) is 17.7. The maximum atomic E-state index is 11.5. The number of esters is 1. The number of carbonyl (C=O) groups excluding carboxylic acids is 1. The summed E-state index contributed by atoms with van der Waals surface area (Å²) in [5, 5.41) is 0. The maximum absolute atomic E-state index is 11.5. The van der Waals surface area contributed by atoms with Gasteiger partial charge in [0.2, 0.25) is 0 Å². The van der Waals surface area contributed by atoms with Crippen LogP contribution in [0.2, 0.25) is 0 Å². The highest BCUT2D eigenvalue weighted by molar-refractivity contribution is 9.12. The normalized spacial score (nSPS) is 13.2. The van der Waals surface area contributed by atoms with Crippen LogP contribution in [-0.2, 0) is 16.0 Å². The number of H-pyrrole nitrogens is 1. The third kappa shape index (κ3) is 4.03. The summed E-state index contributed by atoms with van der Waals surface area (Å²) in [6.45, 7) is 2.01. The van der Waals surface area contributed by atoms with E-state index in [0.29, 0.717) is 17.5 Å². The third-order valence-electron chi connectivity index (χ3n) is 3.34. The minimum Gasteiger partial charge on any atom is -0.466 e. The summed E-state index contributed by atoms with van der Waals surface area (Å²) in [6.07, 6.45) is 9.08. The minimum absolute atomic E-state index is 0.0452. The van der Waals surface area contributed by atoms with Gasteiger partial charge >= 0.3 is 5.97 Å². The summed E-state index contributed by atoms with van der Waals surface area (Å²) < 4.78 is 8.04. The highest BCUT2D eigenvalue weighted by Gasteiger charge is 2.14. The number of fused-ring (bicyclic) bond motifs is 1. The first-order valence-corrected chi connectivity index (χ1v) is 8.58. The molecule has 122 valence electrons. The van der Waals surface area contributed by atoms with Gasteiger partial charge in [0.05, 0.1) is 12.7 Å². The van der Waals surface area contributed by atoms with Gasteiger partial charge in [0.25, 0.3) is 5.56 Å². The number of hydrogen-bond donors (Lipinski definition) is 1. The lowest BCUT2D eigenvalue weighted by Gasteiger charge is -1.99. The molecule has 1 N–H and O–H groups in total. The van der Waals surface area contributed by atoms with Crippen molar-refractivity contribution in [2.75, 3.05) is 7.11 Å². The molecular formula is C16H16Br2N2O3.